The Balaban J connectivity index is 1.39. The maximum Gasteiger partial charge on any atom is 0.298 e. The molecule has 0 spiro atoms. The van der Waals surface area contributed by atoms with Crippen LogP contribution in [-0.4, -0.2) is 36.3 Å². The van der Waals surface area contributed by atoms with E-state index in [1.807, 2.05) is 48.6 Å². The average Bonchev–Trinajstić information content (AvgIpc) is 2.93. The summed E-state index contributed by atoms with van der Waals surface area (Å²) in [5.74, 6) is 5.58. The molecule has 36 heavy (non-hydrogen) atoms. The first kappa shape index (κ1) is 25.1. The van der Waals surface area contributed by atoms with Gasteiger partial charge in [0.25, 0.3) is 5.91 Å². The van der Waals surface area contributed by atoms with Gasteiger partial charge in [-0.2, -0.15) is 0 Å². The molecule has 4 nitrogen and oxygen atoms in total. The third-order valence-electron chi connectivity index (χ3n) is 6.97. The van der Waals surface area contributed by atoms with Crippen LogP contribution < -0.4 is 5.32 Å². The Kier molecular flexibility index (Phi) is 8.43. The predicted molar refractivity (Wildman–Crippen MR) is 143 cm³/mol. The number of rotatable bonds is 7. The number of nitrogens with zero attached hydrogens (tertiary/aromatic N) is 1. The van der Waals surface area contributed by atoms with Gasteiger partial charge in [-0.1, -0.05) is 66.8 Å². The van der Waals surface area contributed by atoms with Crippen LogP contribution in [0.25, 0.3) is 0 Å². The summed E-state index contributed by atoms with van der Waals surface area (Å²) in [7, 11) is 0. The summed E-state index contributed by atoms with van der Waals surface area (Å²) in [6.45, 7) is 3.76. The van der Waals surface area contributed by atoms with Gasteiger partial charge in [0.05, 0.1) is 5.41 Å². The molecule has 1 saturated heterocycles. The van der Waals surface area contributed by atoms with Gasteiger partial charge in [0.2, 0.25) is 5.91 Å². The highest BCUT2D eigenvalue weighted by atomic mass is 16.2. The number of amides is 2. The molecule has 2 aliphatic rings. The van der Waals surface area contributed by atoms with Crippen LogP contribution >= 0.6 is 0 Å². The number of piperidine rings is 1. The lowest BCUT2D eigenvalue weighted by molar-refractivity contribution is -0.138. The first-order valence-corrected chi connectivity index (χ1v) is 12.7. The van der Waals surface area contributed by atoms with Crippen molar-refractivity contribution in [2.75, 3.05) is 19.6 Å². The van der Waals surface area contributed by atoms with Gasteiger partial charge in [0.15, 0.2) is 0 Å². The smallest absolute Gasteiger partial charge is 0.298 e. The first-order valence-electron chi connectivity index (χ1n) is 12.7. The minimum atomic E-state index is -0.565. The molecule has 4 heteroatoms. The van der Waals surface area contributed by atoms with Crippen molar-refractivity contribution >= 4 is 11.8 Å². The fourth-order valence-corrected chi connectivity index (χ4v) is 4.68. The van der Waals surface area contributed by atoms with Crippen LogP contribution in [0.4, 0.5) is 0 Å². The highest BCUT2D eigenvalue weighted by Gasteiger charge is 2.42. The molecule has 2 aromatic carbocycles. The monoisotopic (exact) mass is 476 g/mol. The largest absolute Gasteiger partial charge is 0.355 e. The third-order valence-corrected chi connectivity index (χ3v) is 6.97. The van der Waals surface area contributed by atoms with E-state index in [1.54, 1.807) is 4.90 Å². The van der Waals surface area contributed by atoms with E-state index in [1.165, 1.54) is 11.1 Å². The highest BCUT2D eigenvalue weighted by molar-refractivity contribution is 5.94. The molecule has 2 amide bonds. The van der Waals surface area contributed by atoms with Crippen LogP contribution in [0.5, 0.6) is 0 Å². The van der Waals surface area contributed by atoms with E-state index >= 15 is 0 Å². The van der Waals surface area contributed by atoms with E-state index in [-0.39, 0.29) is 11.8 Å². The zero-order chi connectivity index (χ0) is 25.2. The Bertz CT molecular complexity index is 1270. The molecular weight excluding hydrogens is 444 g/mol. The lowest BCUT2D eigenvalue weighted by atomic mass is 9.72. The molecule has 1 aliphatic carbocycles. The zero-order valence-corrected chi connectivity index (χ0v) is 20.8. The third kappa shape index (κ3) is 6.55. The van der Waals surface area contributed by atoms with Crippen LogP contribution in [0, 0.1) is 17.3 Å². The second kappa shape index (κ2) is 12.1. The van der Waals surface area contributed by atoms with Crippen LogP contribution in [0.15, 0.2) is 89.9 Å². The first-order chi connectivity index (χ1) is 17.6. The van der Waals surface area contributed by atoms with Crippen molar-refractivity contribution in [3.63, 3.8) is 0 Å². The Hall–Kier alpha value is -4.02. The van der Waals surface area contributed by atoms with Gasteiger partial charge in [-0.15, -0.1) is 0 Å². The molecule has 4 rings (SSSR count). The van der Waals surface area contributed by atoms with E-state index in [2.05, 4.69) is 59.8 Å². The number of allylic oxidation sites excluding steroid dienone is 4. The molecular formula is C32H32N2O2. The molecule has 0 unspecified atom stereocenters. The molecule has 1 fully saturated rings. The topological polar surface area (TPSA) is 49.4 Å². The standard InChI is InChI=1S/C32H32N2O2/c1-2-26-13-15-28(16-14-26)19-22-33-31(36)32(25-29-11-7-4-8-12-29)20-23-34(24-21-32)30(35)18-17-27-9-5-3-6-10-27/h3,5-7,9-16H,2,19-25H2,1H3,(H,33,36). The fourth-order valence-electron chi connectivity index (χ4n) is 4.68. The Labute approximate surface area is 214 Å². The van der Waals surface area contributed by atoms with Crippen LogP contribution in [-0.2, 0) is 22.4 Å². The maximum absolute atomic E-state index is 13.5. The number of aryl methyl sites for hydroxylation is 1. The SMILES string of the molecule is CCc1ccc(CCNC(=O)C2(CC3=CC=C=C=C3)CCN(C(=O)C#Cc3ccccc3)CC2)cc1. The summed E-state index contributed by atoms with van der Waals surface area (Å²) in [4.78, 5) is 28.0. The average molecular weight is 477 g/mol. The van der Waals surface area contributed by atoms with E-state index < -0.39 is 5.41 Å². The van der Waals surface area contributed by atoms with Gasteiger partial charge in [-0.3, -0.25) is 9.59 Å². The van der Waals surface area contributed by atoms with Crippen molar-refractivity contribution < 1.29 is 9.59 Å². The number of hydrogen-bond donors (Lipinski definition) is 1. The molecule has 182 valence electrons. The number of likely N-dealkylation sites (tertiary alicyclic amines) is 1. The van der Waals surface area contributed by atoms with Gasteiger partial charge in [-0.25, -0.2) is 0 Å². The minimum absolute atomic E-state index is 0.0583. The van der Waals surface area contributed by atoms with Gasteiger partial charge >= 0.3 is 0 Å². The summed E-state index contributed by atoms with van der Waals surface area (Å²) in [5, 5.41) is 3.19. The van der Waals surface area contributed by atoms with Crippen LogP contribution in [0.2, 0.25) is 0 Å². The number of nitrogens with one attached hydrogen (secondary N) is 1. The van der Waals surface area contributed by atoms with Gasteiger partial charge < -0.3 is 10.2 Å². The van der Waals surface area contributed by atoms with E-state index in [0.29, 0.717) is 38.9 Å². The molecule has 1 aliphatic heterocycles. The van der Waals surface area contributed by atoms with Gasteiger partial charge in [-0.05, 0) is 79.2 Å². The summed E-state index contributed by atoms with van der Waals surface area (Å²) >= 11 is 0. The second-order valence-corrected chi connectivity index (χ2v) is 9.38. The molecule has 0 radical (unpaired) electrons. The van der Waals surface area contributed by atoms with Crippen molar-refractivity contribution in [3.05, 3.63) is 107 Å². The number of benzene rings is 2. The summed E-state index contributed by atoms with van der Waals surface area (Å²) < 4.78 is 0. The molecule has 0 atom stereocenters. The van der Waals surface area contributed by atoms with E-state index in [4.69, 9.17) is 0 Å². The second-order valence-electron chi connectivity index (χ2n) is 9.38. The lowest BCUT2D eigenvalue weighted by Crippen LogP contribution is -2.50. The van der Waals surface area contributed by atoms with Crippen molar-refractivity contribution in [2.45, 2.75) is 39.0 Å². The number of carbonyl (C=O) groups is 2. The zero-order valence-electron chi connectivity index (χ0n) is 20.8. The van der Waals surface area contributed by atoms with Crippen molar-refractivity contribution in [1.82, 2.24) is 10.2 Å². The number of carbonyl (C=O) groups excluding carboxylic acids is 2. The van der Waals surface area contributed by atoms with Crippen LogP contribution in [0.3, 0.4) is 0 Å². The van der Waals surface area contributed by atoms with E-state index in [0.717, 1.165) is 24.0 Å². The van der Waals surface area contributed by atoms with E-state index in [9.17, 15) is 9.59 Å². The van der Waals surface area contributed by atoms with Gasteiger partial charge in [0, 0.05) is 31.1 Å². The number of hydrogen-bond acceptors (Lipinski definition) is 2. The minimum Gasteiger partial charge on any atom is -0.355 e. The molecule has 1 N–H and O–H groups in total. The maximum atomic E-state index is 13.5. The normalized spacial score (nSPS) is 15.6. The summed E-state index contributed by atoms with van der Waals surface area (Å²) in [6, 6.07) is 18.1. The fraction of sp³-hybridized carbons (Fsp3) is 0.312. The summed E-state index contributed by atoms with van der Waals surface area (Å²) in [5.41, 5.74) is 9.77. The van der Waals surface area contributed by atoms with Gasteiger partial charge in [0.1, 0.15) is 0 Å². The molecule has 1 heterocycles. The Morgan fingerprint density at radius 2 is 1.72 bits per heavy atom. The molecule has 0 saturated carbocycles. The quantitative estimate of drug-likeness (QED) is 0.463. The predicted octanol–water partition coefficient (Wildman–Crippen LogP) is 4.76. The lowest BCUT2D eigenvalue weighted by Gasteiger charge is -2.40. The summed E-state index contributed by atoms with van der Waals surface area (Å²) in [6.07, 6.45) is 9.34. The van der Waals surface area contributed by atoms with Crippen molar-refractivity contribution in [3.8, 4) is 11.8 Å². The molecule has 0 bridgehead atoms. The van der Waals surface area contributed by atoms with Crippen molar-refractivity contribution in [1.29, 1.82) is 0 Å². The Morgan fingerprint density at radius 1 is 1.00 bits per heavy atom. The Morgan fingerprint density at radius 3 is 2.39 bits per heavy atom. The van der Waals surface area contributed by atoms with Crippen molar-refractivity contribution in [2.24, 2.45) is 5.41 Å². The highest BCUT2D eigenvalue weighted by Crippen LogP contribution is 2.38. The molecule has 0 aromatic heterocycles. The van der Waals surface area contributed by atoms with Crippen LogP contribution in [0.1, 0.15) is 42.9 Å². The molecule has 2 aromatic rings.